The normalized spacial score (nSPS) is 22.9. The molecule has 138 valence electrons. The highest BCUT2D eigenvalue weighted by Gasteiger charge is 2.56. The lowest BCUT2D eigenvalue weighted by Gasteiger charge is -2.37. The molecule has 0 saturated carbocycles. The Morgan fingerprint density at radius 1 is 1.12 bits per heavy atom. The van der Waals surface area contributed by atoms with Crippen LogP contribution in [0.2, 0.25) is 0 Å². The van der Waals surface area contributed by atoms with E-state index < -0.39 is 28.9 Å². The SMILES string of the molecule is COC(=O)C(C)OC1=CC(=C2N(O)C(C)(C)C(C)(C)N2O)C(=O)C=C1. The second-order valence-electron chi connectivity index (χ2n) is 7.01. The van der Waals surface area contributed by atoms with Crippen LogP contribution < -0.4 is 0 Å². The van der Waals surface area contributed by atoms with Crippen molar-refractivity contribution >= 4 is 11.8 Å². The lowest BCUT2D eigenvalue weighted by molar-refractivity contribution is -0.150. The molecular weight excluding hydrogens is 328 g/mol. The zero-order valence-electron chi connectivity index (χ0n) is 15.2. The Bertz CT molecular complexity index is 667. The summed E-state index contributed by atoms with van der Waals surface area (Å²) in [6.45, 7) is 8.49. The van der Waals surface area contributed by atoms with Gasteiger partial charge in [0, 0.05) is 0 Å². The number of methoxy groups -OCH3 is 1. The number of carbonyl (C=O) groups excluding carboxylic acids is 2. The van der Waals surface area contributed by atoms with Crippen LogP contribution in [0, 0.1) is 0 Å². The van der Waals surface area contributed by atoms with Crippen molar-refractivity contribution < 1.29 is 29.5 Å². The summed E-state index contributed by atoms with van der Waals surface area (Å²) in [6, 6.07) is 0. The van der Waals surface area contributed by atoms with Crippen molar-refractivity contribution in [3.8, 4) is 0 Å². The number of hydrogen-bond acceptors (Lipinski definition) is 8. The van der Waals surface area contributed by atoms with Gasteiger partial charge in [0.15, 0.2) is 17.7 Å². The van der Waals surface area contributed by atoms with Gasteiger partial charge in [-0.3, -0.25) is 15.2 Å². The van der Waals surface area contributed by atoms with Crippen molar-refractivity contribution in [1.29, 1.82) is 0 Å². The molecule has 0 amide bonds. The standard InChI is InChI=1S/C17H24N2O6/c1-10(15(21)24-6)25-11-7-8-13(20)12(9-11)14-18(22)16(2,3)17(4,5)19(14)23/h7-10,22-23H,1-6H3. The van der Waals surface area contributed by atoms with E-state index in [1.165, 1.54) is 32.3 Å². The fourth-order valence-electron chi connectivity index (χ4n) is 2.54. The van der Waals surface area contributed by atoms with Gasteiger partial charge in [-0.25, -0.2) is 14.9 Å². The Morgan fingerprint density at radius 2 is 1.64 bits per heavy atom. The van der Waals surface area contributed by atoms with E-state index in [4.69, 9.17) is 4.74 Å². The van der Waals surface area contributed by atoms with Crippen molar-refractivity contribution in [2.24, 2.45) is 0 Å². The Hall–Kier alpha value is -2.32. The molecule has 1 unspecified atom stereocenters. The van der Waals surface area contributed by atoms with Gasteiger partial charge in [0.25, 0.3) is 0 Å². The van der Waals surface area contributed by atoms with Crippen LogP contribution >= 0.6 is 0 Å². The Labute approximate surface area is 146 Å². The van der Waals surface area contributed by atoms with E-state index in [2.05, 4.69) is 4.74 Å². The maximum Gasteiger partial charge on any atom is 0.346 e. The molecule has 1 aliphatic carbocycles. The first-order chi connectivity index (χ1) is 11.4. The molecule has 0 aromatic heterocycles. The summed E-state index contributed by atoms with van der Waals surface area (Å²) in [5.74, 6) is -0.767. The van der Waals surface area contributed by atoms with Gasteiger partial charge < -0.3 is 9.47 Å². The van der Waals surface area contributed by atoms with Crippen molar-refractivity contribution in [3.63, 3.8) is 0 Å². The van der Waals surface area contributed by atoms with Crippen molar-refractivity contribution in [3.05, 3.63) is 35.4 Å². The summed E-state index contributed by atoms with van der Waals surface area (Å²) in [4.78, 5) is 23.8. The summed E-state index contributed by atoms with van der Waals surface area (Å²) in [5, 5.41) is 22.8. The second kappa shape index (κ2) is 6.20. The molecule has 1 fully saturated rings. The number of ketones is 1. The van der Waals surface area contributed by atoms with Crippen LogP contribution in [0.25, 0.3) is 0 Å². The Balaban J connectivity index is 2.46. The minimum Gasteiger partial charge on any atom is -0.479 e. The van der Waals surface area contributed by atoms with Crippen LogP contribution in [0.4, 0.5) is 0 Å². The van der Waals surface area contributed by atoms with Gasteiger partial charge in [-0.15, -0.1) is 0 Å². The van der Waals surface area contributed by atoms with E-state index in [1.807, 2.05) is 0 Å². The molecule has 0 aromatic rings. The number of rotatable bonds is 3. The van der Waals surface area contributed by atoms with Gasteiger partial charge >= 0.3 is 5.97 Å². The van der Waals surface area contributed by atoms with Gasteiger partial charge in [-0.2, -0.15) is 0 Å². The van der Waals surface area contributed by atoms with Crippen LogP contribution in [0.3, 0.4) is 0 Å². The maximum atomic E-state index is 12.3. The van der Waals surface area contributed by atoms with Gasteiger partial charge in [-0.05, 0) is 52.8 Å². The molecule has 1 heterocycles. The molecule has 2 rings (SSSR count). The molecule has 0 bridgehead atoms. The number of carbonyl (C=O) groups is 2. The summed E-state index contributed by atoms with van der Waals surface area (Å²) in [5.41, 5.74) is -1.67. The average molecular weight is 352 g/mol. The predicted molar refractivity (Wildman–Crippen MR) is 87.2 cm³/mol. The average Bonchev–Trinajstić information content (AvgIpc) is 2.66. The van der Waals surface area contributed by atoms with E-state index in [0.29, 0.717) is 0 Å². The molecule has 2 N–H and O–H groups in total. The summed E-state index contributed by atoms with van der Waals surface area (Å²) in [6.07, 6.45) is 3.18. The van der Waals surface area contributed by atoms with E-state index in [-0.39, 0.29) is 17.2 Å². The summed E-state index contributed by atoms with van der Waals surface area (Å²) < 4.78 is 10.1. The Kier molecular flexibility index (Phi) is 4.71. The zero-order chi connectivity index (χ0) is 19.2. The third kappa shape index (κ3) is 2.91. The maximum absolute atomic E-state index is 12.3. The lowest BCUT2D eigenvalue weighted by atomic mass is 9.84. The predicted octanol–water partition coefficient (Wildman–Crippen LogP) is 1.75. The number of nitrogens with zero attached hydrogens (tertiary/aromatic N) is 2. The molecule has 1 aliphatic heterocycles. The van der Waals surface area contributed by atoms with Crippen LogP contribution in [-0.4, -0.2) is 56.6 Å². The van der Waals surface area contributed by atoms with Gasteiger partial charge in [0.1, 0.15) is 5.76 Å². The molecule has 1 saturated heterocycles. The molecule has 0 aromatic carbocycles. The number of allylic oxidation sites excluding steroid dienone is 4. The smallest absolute Gasteiger partial charge is 0.346 e. The topological polar surface area (TPSA) is 99.5 Å². The van der Waals surface area contributed by atoms with Gasteiger partial charge in [0.05, 0.1) is 23.8 Å². The molecular formula is C17H24N2O6. The van der Waals surface area contributed by atoms with Crippen LogP contribution in [-0.2, 0) is 19.1 Å². The quantitative estimate of drug-likeness (QED) is 0.585. The van der Waals surface area contributed by atoms with E-state index >= 15 is 0 Å². The Morgan fingerprint density at radius 3 is 2.12 bits per heavy atom. The molecule has 0 spiro atoms. The molecule has 1 atom stereocenters. The zero-order valence-corrected chi connectivity index (χ0v) is 15.2. The first kappa shape index (κ1) is 19.0. The highest BCUT2D eigenvalue weighted by Crippen LogP contribution is 2.44. The lowest BCUT2D eigenvalue weighted by Crippen LogP contribution is -2.52. The molecule has 8 heteroatoms. The molecule has 0 radical (unpaired) electrons. The van der Waals surface area contributed by atoms with E-state index in [9.17, 15) is 20.0 Å². The van der Waals surface area contributed by atoms with Crippen LogP contribution in [0.5, 0.6) is 0 Å². The molecule has 2 aliphatic rings. The monoisotopic (exact) mass is 352 g/mol. The minimum atomic E-state index is -0.868. The number of ether oxygens (including phenoxy) is 2. The fourth-order valence-corrected chi connectivity index (χ4v) is 2.54. The largest absolute Gasteiger partial charge is 0.479 e. The first-order valence-corrected chi connectivity index (χ1v) is 7.86. The van der Waals surface area contributed by atoms with Crippen LogP contribution in [0.15, 0.2) is 35.4 Å². The third-order valence-electron chi connectivity index (χ3n) is 5.00. The highest BCUT2D eigenvalue weighted by molar-refractivity contribution is 6.08. The van der Waals surface area contributed by atoms with Crippen LogP contribution in [0.1, 0.15) is 34.6 Å². The van der Waals surface area contributed by atoms with E-state index in [0.717, 1.165) is 10.1 Å². The molecule has 8 nitrogen and oxygen atoms in total. The van der Waals surface area contributed by atoms with Gasteiger partial charge in [-0.1, -0.05) is 0 Å². The molecule has 25 heavy (non-hydrogen) atoms. The van der Waals surface area contributed by atoms with Crippen molar-refractivity contribution in [2.45, 2.75) is 51.8 Å². The summed E-state index contributed by atoms with van der Waals surface area (Å²) in [7, 11) is 1.25. The van der Waals surface area contributed by atoms with Crippen molar-refractivity contribution in [1.82, 2.24) is 10.1 Å². The third-order valence-corrected chi connectivity index (χ3v) is 5.00. The van der Waals surface area contributed by atoms with E-state index in [1.54, 1.807) is 27.7 Å². The number of esters is 1. The first-order valence-electron chi connectivity index (χ1n) is 7.86. The number of hydrogen-bond donors (Lipinski definition) is 2. The highest BCUT2D eigenvalue weighted by atomic mass is 16.6. The minimum absolute atomic E-state index is 0.0452. The second-order valence-corrected chi connectivity index (χ2v) is 7.01. The summed E-state index contributed by atoms with van der Waals surface area (Å²) >= 11 is 0. The van der Waals surface area contributed by atoms with Gasteiger partial charge in [0.2, 0.25) is 0 Å². The number of hydroxylamine groups is 4. The van der Waals surface area contributed by atoms with Crippen molar-refractivity contribution in [2.75, 3.05) is 7.11 Å². The fraction of sp³-hybridized carbons (Fsp3) is 0.529.